The molecule has 0 radical (unpaired) electrons. The van der Waals surface area contributed by atoms with E-state index in [1.807, 2.05) is 33.8 Å². The fourth-order valence-corrected chi connectivity index (χ4v) is 4.87. The predicted octanol–water partition coefficient (Wildman–Crippen LogP) is 3.62. The Balaban J connectivity index is 1.49. The molecule has 3 aliphatic rings. The van der Waals surface area contributed by atoms with E-state index in [4.69, 9.17) is 18.8 Å². The molecule has 5 rings (SSSR count). The van der Waals surface area contributed by atoms with Crippen LogP contribution in [0.1, 0.15) is 76.4 Å². The van der Waals surface area contributed by atoms with Gasteiger partial charge >= 0.3 is 13.2 Å². The summed E-state index contributed by atoms with van der Waals surface area (Å²) >= 11 is 0. The molecule has 0 spiro atoms. The van der Waals surface area contributed by atoms with Crippen molar-refractivity contribution in [3.63, 3.8) is 0 Å². The maximum atomic E-state index is 13.7. The van der Waals surface area contributed by atoms with Gasteiger partial charge in [0.2, 0.25) is 0 Å². The van der Waals surface area contributed by atoms with E-state index in [0.29, 0.717) is 46.7 Å². The Morgan fingerprint density at radius 3 is 2.38 bits per heavy atom. The van der Waals surface area contributed by atoms with E-state index in [9.17, 15) is 14.7 Å². The zero-order valence-corrected chi connectivity index (χ0v) is 23.6. The summed E-state index contributed by atoms with van der Waals surface area (Å²) in [6.45, 7) is 13.9. The minimum absolute atomic E-state index is 0.0252. The fourth-order valence-electron chi connectivity index (χ4n) is 4.87. The first-order valence-electron chi connectivity index (χ1n) is 13.2. The van der Waals surface area contributed by atoms with Crippen LogP contribution in [0.25, 0.3) is 0 Å². The Hall–Kier alpha value is -2.99. The first-order valence-corrected chi connectivity index (χ1v) is 13.2. The number of anilines is 2. The van der Waals surface area contributed by atoms with Gasteiger partial charge in [0, 0.05) is 24.8 Å². The van der Waals surface area contributed by atoms with Crippen LogP contribution in [0.4, 0.5) is 16.3 Å². The molecule has 1 atom stereocenters. The monoisotopic (exact) mass is 537 g/mol. The van der Waals surface area contributed by atoms with Gasteiger partial charge in [0.15, 0.2) is 0 Å². The largest absolute Gasteiger partial charge is 0.495 e. The van der Waals surface area contributed by atoms with Crippen molar-refractivity contribution in [3.8, 4) is 0 Å². The SMILES string of the molecule is CC(C)(C)OC(=O)N1Cc2c(B3OC(C)(C)C(C)(C)O3)ccc(Nc3ccc(C4(O)CCOC4)cn3)c2C1=O. The summed E-state index contributed by atoms with van der Waals surface area (Å²) in [5.74, 6) is 0.00418. The summed E-state index contributed by atoms with van der Waals surface area (Å²) in [5.41, 5.74) is -0.165. The van der Waals surface area contributed by atoms with Gasteiger partial charge in [-0.25, -0.2) is 14.7 Å². The van der Waals surface area contributed by atoms with Gasteiger partial charge in [-0.2, -0.15) is 0 Å². The molecule has 1 unspecified atom stereocenters. The summed E-state index contributed by atoms with van der Waals surface area (Å²) < 4.78 is 23.4. The number of carbonyl (C=O) groups is 2. The molecule has 0 aliphatic carbocycles. The number of aliphatic hydroxyl groups is 1. The van der Waals surface area contributed by atoms with Gasteiger partial charge in [-0.15, -0.1) is 0 Å². The lowest BCUT2D eigenvalue weighted by molar-refractivity contribution is 0.00578. The minimum Gasteiger partial charge on any atom is -0.443 e. The average Bonchev–Trinajstić information content (AvgIpc) is 3.48. The Bertz CT molecular complexity index is 1280. The lowest BCUT2D eigenvalue weighted by Crippen LogP contribution is -2.41. The number of nitrogens with one attached hydrogen (secondary N) is 1. The van der Waals surface area contributed by atoms with E-state index in [2.05, 4.69) is 10.3 Å². The van der Waals surface area contributed by atoms with Crippen molar-refractivity contribution in [2.45, 2.75) is 83.8 Å². The normalized spacial score (nSPS) is 23.7. The molecule has 39 heavy (non-hydrogen) atoms. The minimum atomic E-state index is -1.05. The number of rotatable bonds is 4. The molecule has 208 valence electrons. The second kappa shape index (κ2) is 9.30. The first kappa shape index (κ1) is 27.6. The van der Waals surface area contributed by atoms with Crippen LogP contribution < -0.4 is 10.8 Å². The fraction of sp³-hybridized carbons (Fsp3) is 0.536. The molecule has 2 saturated heterocycles. The van der Waals surface area contributed by atoms with E-state index < -0.39 is 41.5 Å². The van der Waals surface area contributed by atoms with Gasteiger partial charge in [-0.3, -0.25) is 4.79 Å². The first-order chi connectivity index (χ1) is 18.1. The quantitative estimate of drug-likeness (QED) is 0.564. The van der Waals surface area contributed by atoms with Crippen molar-refractivity contribution in [1.29, 1.82) is 0 Å². The summed E-state index contributed by atoms with van der Waals surface area (Å²) in [4.78, 5) is 32.2. The Morgan fingerprint density at radius 1 is 1.13 bits per heavy atom. The highest BCUT2D eigenvalue weighted by Crippen LogP contribution is 2.39. The summed E-state index contributed by atoms with van der Waals surface area (Å²) in [6.07, 6.45) is 1.39. The molecule has 2 fully saturated rings. The topological polar surface area (TPSA) is 119 Å². The number of hydrogen-bond donors (Lipinski definition) is 2. The van der Waals surface area contributed by atoms with Crippen molar-refractivity contribution in [2.24, 2.45) is 0 Å². The van der Waals surface area contributed by atoms with Crippen molar-refractivity contribution < 1.29 is 33.5 Å². The van der Waals surface area contributed by atoms with E-state index in [1.54, 1.807) is 45.2 Å². The standard InChI is InChI=1S/C28H36BN3O7/c1-25(2,3)37-24(34)32-15-18-19(29-38-26(4,5)27(6,7)39-29)9-10-20(22(18)23(32)33)31-21-11-8-17(14-30-21)28(35)12-13-36-16-28/h8-11,14,35H,12-13,15-16H2,1-7H3,(H,30,31). The number of nitrogens with zero attached hydrogens (tertiary/aromatic N) is 2. The van der Waals surface area contributed by atoms with Crippen LogP contribution >= 0.6 is 0 Å². The number of imide groups is 1. The van der Waals surface area contributed by atoms with E-state index in [0.717, 1.165) is 4.90 Å². The van der Waals surface area contributed by atoms with Crippen molar-refractivity contribution >= 4 is 36.1 Å². The lowest BCUT2D eigenvalue weighted by atomic mass is 9.74. The summed E-state index contributed by atoms with van der Waals surface area (Å²) in [7, 11) is -0.712. The molecule has 4 heterocycles. The van der Waals surface area contributed by atoms with Crippen LogP contribution in [0.15, 0.2) is 30.5 Å². The number of ether oxygens (including phenoxy) is 2. The maximum absolute atomic E-state index is 13.7. The summed E-state index contributed by atoms with van der Waals surface area (Å²) in [6, 6.07) is 7.15. The van der Waals surface area contributed by atoms with Gasteiger partial charge < -0.3 is 29.2 Å². The van der Waals surface area contributed by atoms with E-state index >= 15 is 0 Å². The second-order valence-corrected chi connectivity index (χ2v) is 12.4. The van der Waals surface area contributed by atoms with Crippen LogP contribution in [0, 0.1) is 0 Å². The Morgan fingerprint density at radius 2 is 1.82 bits per heavy atom. The third-order valence-corrected chi connectivity index (χ3v) is 7.81. The van der Waals surface area contributed by atoms with Gasteiger partial charge in [0.25, 0.3) is 5.91 Å². The van der Waals surface area contributed by atoms with Crippen molar-refractivity contribution in [3.05, 3.63) is 47.2 Å². The van der Waals surface area contributed by atoms with Gasteiger partial charge in [-0.1, -0.05) is 12.1 Å². The number of carbonyl (C=O) groups excluding carboxylic acids is 2. The number of amides is 2. The highest BCUT2D eigenvalue weighted by Gasteiger charge is 2.53. The molecular weight excluding hydrogens is 501 g/mol. The van der Waals surface area contributed by atoms with Gasteiger partial charge in [0.05, 0.1) is 35.6 Å². The third kappa shape index (κ3) is 5.04. The molecule has 1 aromatic heterocycles. The number of fused-ring (bicyclic) bond motifs is 1. The number of pyridine rings is 1. The number of aromatic nitrogens is 1. The molecule has 2 N–H and O–H groups in total. The molecule has 11 heteroatoms. The Labute approximate surface area is 229 Å². The van der Waals surface area contributed by atoms with E-state index in [-0.39, 0.29) is 13.2 Å². The summed E-state index contributed by atoms with van der Waals surface area (Å²) in [5, 5.41) is 14.0. The third-order valence-electron chi connectivity index (χ3n) is 7.81. The van der Waals surface area contributed by atoms with Crippen molar-refractivity contribution in [2.75, 3.05) is 18.5 Å². The van der Waals surface area contributed by atoms with Crippen molar-refractivity contribution in [1.82, 2.24) is 9.88 Å². The van der Waals surface area contributed by atoms with Crippen LogP contribution in [0.2, 0.25) is 0 Å². The lowest BCUT2D eigenvalue weighted by Gasteiger charge is -2.32. The smallest absolute Gasteiger partial charge is 0.443 e. The molecule has 10 nitrogen and oxygen atoms in total. The molecule has 2 amide bonds. The number of hydrogen-bond acceptors (Lipinski definition) is 9. The van der Waals surface area contributed by atoms with Crippen LogP contribution in [-0.2, 0) is 30.9 Å². The predicted molar refractivity (Wildman–Crippen MR) is 145 cm³/mol. The molecule has 0 bridgehead atoms. The van der Waals surface area contributed by atoms with Gasteiger partial charge in [-0.05, 0) is 71.6 Å². The average molecular weight is 537 g/mol. The van der Waals surface area contributed by atoms with E-state index in [1.165, 1.54) is 0 Å². The van der Waals surface area contributed by atoms with Gasteiger partial charge in [0.1, 0.15) is 17.0 Å². The maximum Gasteiger partial charge on any atom is 0.495 e. The van der Waals surface area contributed by atoms with Crippen LogP contribution in [0.5, 0.6) is 0 Å². The molecule has 1 aromatic carbocycles. The molecule has 0 saturated carbocycles. The molecular formula is C28H36BN3O7. The van der Waals surface area contributed by atoms with Crippen LogP contribution in [0.3, 0.4) is 0 Å². The molecule has 3 aliphatic heterocycles. The molecule has 2 aromatic rings. The Kier molecular flexibility index (Phi) is 6.57. The highest BCUT2D eigenvalue weighted by atomic mass is 16.7. The van der Waals surface area contributed by atoms with Crippen LogP contribution in [-0.4, -0.2) is 64.1 Å². The zero-order chi connectivity index (χ0) is 28.4. The second-order valence-electron chi connectivity index (χ2n) is 12.4. The zero-order valence-electron chi connectivity index (χ0n) is 23.6. The number of benzene rings is 1. The highest BCUT2D eigenvalue weighted by molar-refractivity contribution is 6.63.